The van der Waals surface area contributed by atoms with Gasteiger partial charge in [0.15, 0.2) is 0 Å². The van der Waals surface area contributed by atoms with Gasteiger partial charge in [0.1, 0.15) is 0 Å². The molecule has 3 aliphatic rings. The molecule has 0 spiro atoms. The number of fused-ring (bicyclic) bond motifs is 6. The Labute approximate surface area is 191 Å². The van der Waals surface area contributed by atoms with Gasteiger partial charge in [0.05, 0.1) is 18.1 Å². The zero-order chi connectivity index (χ0) is 22.0. The second-order valence-corrected chi connectivity index (χ2v) is 9.33. The van der Waals surface area contributed by atoms with E-state index in [0.29, 0.717) is 6.54 Å². The number of nitrogens with zero attached hydrogens (tertiary/aromatic N) is 3. The molecule has 5 nitrogen and oxygen atoms in total. The van der Waals surface area contributed by atoms with E-state index in [2.05, 4.69) is 27.9 Å². The monoisotopic (exact) mass is 443 g/mol. The predicted octanol–water partition coefficient (Wildman–Crippen LogP) is 4.79. The van der Waals surface area contributed by atoms with E-state index < -0.39 is 0 Å². The fraction of sp³-hybridized carbons (Fsp3) is 0.269. The topological polar surface area (TPSA) is 54.7 Å². The van der Waals surface area contributed by atoms with E-state index in [1.165, 1.54) is 0 Å². The molecule has 1 aliphatic heterocycles. The number of allylic oxidation sites excluding steroid dienone is 2. The van der Waals surface area contributed by atoms with E-state index in [-0.39, 0.29) is 35.5 Å². The van der Waals surface area contributed by atoms with Gasteiger partial charge >= 0.3 is 0 Å². The van der Waals surface area contributed by atoms with Crippen LogP contribution in [0.5, 0.6) is 0 Å². The minimum atomic E-state index is -0.239. The lowest BCUT2D eigenvalue weighted by Gasteiger charge is -2.13. The van der Waals surface area contributed by atoms with Crippen molar-refractivity contribution >= 4 is 40.5 Å². The van der Waals surface area contributed by atoms with E-state index in [9.17, 15) is 9.59 Å². The molecule has 2 aliphatic carbocycles. The van der Waals surface area contributed by atoms with Crippen molar-refractivity contribution in [2.45, 2.75) is 19.9 Å². The number of hydrogen-bond acceptors (Lipinski definition) is 3. The molecule has 2 fully saturated rings. The highest BCUT2D eigenvalue weighted by Gasteiger charge is 2.59. The minimum absolute atomic E-state index is 0.162. The number of rotatable bonds is 4. The number of hydrogen-bond donors (Lipinski definition) is 0. The number of carbonyl (C=O) groups excluding carboxylic acids is 2. The van der Waals surface area contributed by atoms with E-state index in [1.54, 1.807) is 6.21 Å². The van der Waals surface area contributed by atoms with Crippen molar-refractivity contribution < 1.29 is 9.59 Å². The van der Waals surface area contributed by atoms with Gasteiger partial charge < -0.3 is 4.57 Å². The second-order valence-electron chi connectivity index (χ2n) is 8.93. The van der Waals surface area contributed by atoms with Crippen LogP contribution in [0.3, 0.4) is 0 Å². The highest BCUT2D eigenvalue weighted by atomic mass is 35.5. The Morgan fingerprint density at radius 3 is 2.38 bits per heavy atom. The molecule has 1 aromatic heterocycles. The maximum Gasteiger partial charge on any atom is 0.254 e. The first kappa shape index (κ1) is 19.5. The smallest absolute Gasteiger partial charge is 0.254 e. The summed E-state index contributed by atoms with van der Waals surface area (Å²) in [4.78, 5) is 26.0. The van der Waals surface area contributed by atoms with Crippen LogP contribution in [0, 0.1) is 30.6 Å². The van der Waals surface area contributed by atoms with Crippen LogP contribution in [0.1, 0.15) is 23.2 Å². The van der Waals surface area contributed by atoms with E-state index in [4.69, 9.17) is 11.6 Å². The Bertz CT molecular complexity index is 1310. The summed E-state index contributed by atoms with van der Waals surface area (Å²) in [6.07, 6.45) is 6.78. The van der Waals surface area contributed by atoms with Gasteiger partial charge in [-0.05, 0) is 42.9 Å². The van der Waals surface area contributed by atoms with Crippen LogP contribution in [-0.2, 0) is 16.1 Å². The number of benzene rings is 2. The molecule has 1 saturated carbocycles. The number of imide groups is 1. The van der Waals surface area contributed by atoms with E-state index in [1.807, 2.05) is 49.4 Å². The number of amides is 2. The van der Waals surface area contributed by atoms with Gasteiger partial charge in [0.25, 0.3) is 11.8 Å². The first-order chi connectivity index (χ1) is 15.5. The second kappa shape index (κ2) is 7.17. The molecule has 2 bridgehead atoms. The number of aromatic nitrogens is 1. The van der Waals surface area contributed by atoms with E-state index in [0.717, 1.165) is 44.2 Å². The first-order valence-corrected chi connectivity index (χ1v) is 11.3. The summed E-state index contributed by atoms with van der Waals surface area (Å²) >= 11 is 6.41. The van der Waals surface area contributed by atoms with Crippen LogP contribution in [0.15, 0.2) is 65.8 Å². The average molecular weight is 444 g/mol. The fourth-order valence-electron chi connectivity index (χ4n) is 5.74. The number of hydrazone groups is 1. The SMILES string of the molecule is Cc1c(C=NN2C(=O)[C@@H]3[C@H](C2=O)[C@H]2C=C[C@H]3C2)c2ccccc2n1Cc1ccccc1Cl. The van der Waals surface area contributed by atoms with Gasteiger partial charge in [-0.3, -0.25) is 9.59 Å². The first-order valence-electron chi connectivity index (χ1n) is 11.0. The highest BCUT2D eigenvalue weighted by molar-refractivity contribution is 6.31. The van der Waals surface area contributed by atoms with Crippen LogP contribution in [0.2, 0.25) is 5.02 Å². The minimum Gasteiger partial charge on any atom is -0.340 e. The molecule has 6 heteroatoms. The van der Waals surface area contributed by atoms with Crippen LogP contribution >= 0.6 is 11.6 Å². The van der Waals surface area contributed by atoms with E-state index >= 15 is 0 Å². The van der Waals surface area contributed by atoms with Gasteiger partial charge in [0.2, 0.25) is 0 Å². The van der Waals surface area contributed by atoms with Crippen molar-refractivity contribution in [3.8, 4) is 0 Å². The molecule has 6 rings (SSSR count). The Morgan fingerprint density at radius 1 is 1.00 bits per heavy atom. The summed E-state index contributed by atoms with van der Waals surface area (Å²) < 4.78 is 2.20. The number of carbonyl (C=O) groups is 2. The summed E-state index contributed by atoms with van der Waals surface area (Å²) in [6, 6.07) is 15.9. The molecule has 3 aromatic rings. The molecule has 2 aromatic carbocycles. The molecule has 2 heterocycles. The summed E-state index contributed by atoms with van der Waals surface area (Å²) in [5.41, 5.74) is 4.01. The molecule has 4 atom stereocenters. The van der Waals surface area contributed by atoms with Crippen molar-refractivity contribution in [3.63, 3.8) is 0 Å². The van der Waals surface area contributed by atoms with Crippen molar-refractivity contribution in [2.75, 3.05) is 0 Å². The van der Waals surface area contributed by atoms with Gasteiger partial charge in [-0.15, -0.1) is 0 Å². The molecule has 32 heavy (non-hydrogen) atoms. The molecule has 2 amide bonds. The Kier molecular flexibility index (Phi) is 4.37. The molecular formula is C26H22ClN3O2. The molecule has 0 unspecified atom stereocenters. The number of halogens is 1. The zero-order valence-corrected chi connectivity index (χ0v) is 18.4. The van der Waals surface area contributed by atoms with Crippen molar-refractivity contribution in [1.82, 2.24) is 9.58 Å². The molecular weight excluding hydrogens is 422 g/mol. The van der Waals surface area contributed by atoms with Gasteiger partial charge in [-0.25, -0.2) is 0 Å². The lowest BCUT2D eigenvalue weighted by atomic mass is 9.85. The van der Waals surface area contributed by atoms with Gasteiger partial charge in [-0.1, -0.05) is 60.2 Å². The Hall–Kier alpha value is -3.18. The number of para-hydroxylation sites is 1. The summed E-state index contributed by atoms with van der Waals surface area (Å²) in [5, 5.41) is 7.29. The average Bonchev–Trinajstić information content (AvgIpc) is 3.53. The standard InChI is InChI=1S/C26H22ClN3O2/c1-15-20(13-28-30-25(31)23-16-10-11-17(12-16)24(23)26(30)32)19-7-3-5-9-22(19)29(15)14-18-6-2-4-8-21(18)27/h2-11,13,16-17,23-24H,12,14H2,1H3/t16-,17-,23-,24+/m0/s1. The third-order valence-electron chi connectivity index (χ3n) is 7.32. The summed E-state index contributed by atoms with van der Waals surface area (Å²) in [7, 11) is 0. The van der Waals surface area contributed by atoms with Crippen molar-refractivity contribution in [2.24, 2.45) is 28.8 Å². The quantitative estimate of drug-likeness (QED) is 0.330. The Balaban J connectivity index is 1.37. The largest absolute Gasteiger partial charge is 0.340 e. The Morgan fingerprint density at radius 2 is 1.66 bits per heavy atom. The third kappa shape index (κ3) is 2.74. The van der Waals surface area contributed by atoms with Crippen LogP contribution in [0.25, 0.3) is 10.9 Å². The highest BCUT2D eigenvalue weighted by Crippen LogP contribution is 2.52. The molecule has 0 N–H and O–H groups in total. The lowest BCUT2D eigenvalue weighted by Crippen LogP contribution is -2.28. The zero-order valence-electron chi connectivity index (χ0n) is 17.6. The summed E-state index contributed by atoms with van der Waals surface area (Å²) in [5.74, 6) is -0.437. The molecule has 0 radical (unpaired) electrons. The molecule has 1 saturated heterocycles. The van der Waals surface area contributed by atoms with Crippen LogP contribution < -0.4 is 0 Å². The van der Waals surface area contributed by atoms with Crippen molar-refractivity contribution in [3.05, 3.63) is 82.5 Å². The van der Waals surface area contributed by atoms with Crippen LogP contribution in [-0.4, -0.2) is 27.6 Å². The van der Waals surface area contributed by atoms with Gasteiger partial charge in [0, 0.05) is 33.7 Å². The fourth-order valence-corrected chi connectivity index (χ4v) is 5.93. The predicted molar refractivity (Wildman–Crippen MR) is 124 cm³/mol. The third-order valence-corrected chi connectivity index (χ3v) is 7.68. The van der Waals surface area contributed by atoms with Gasteiger partial charge in [-0.2, -0.15) is 10.1 Å². The molecule has 160 valence electrons. The lowest BCUT2D eigenvalue weighted by molar-refractivity contribution is -0.140. The maximum absolute atomic E-state index is 13.0. The summed E-state index contributed by atoms with van der Waals surface area (Å²) in [6.45, 7) is 2.66. The van der Waals surface area contributed by atoms with Crippen LogP contribution in [0.4, 0.5) is 0 Å². The normalized spacial score (nSPS) is 26.2. The van der Waals surface area contributed by atoms with Crippen molar-refractivity contribution in [1.29, 1.82) is 0 Å². The maximum atomic E-state index is 13.0.